The number of likely N-dealkylation sites (tertiary alicyclic amines) is 1. The van der Waals surface area contributed by atoms with E-state index >= 15 is 0 Å². The molecule has 1 saturated heterocycles. The van der Waals surface area contributed by atoms with Crippen LogP contribution in [0, 0.1) is 5.92 Å². The Bertz CT molecular complexity index is 663. The molecule has 1 aliphatic heterocycles. The number of carbonyl (C=O) groups is 3. The van der Waals surface area contributed by atoms with Crippen molar-refractivity contribution in [2.45, 2.75) is 39.5 Å². The first-order chi connectivity index (χ1) is 12.3. The molecule has 1 aromatic heterocycles. The summed E-state index contributed by atoms with van der Waals surface area (Å²) in [6, 6.07) is 1.80. The predicted molar refractivity (Wildman–Crippen MR) is 100 cm³/mol. The fraction of sp³-hybridized carbons (Fsp3) is 0.611. The number of hydrogen-bond acceptors (Lipinski definition) is 5. The Morgan fingerprint density at radius 2 is 2.00 bits per heavy atom. The van der Waals surface area contributed by atoms with Crippen LogP contribution in [0.2, 0.25) is 0 Å². The molecule has 2 amide bonds. The highest BCUT2D eigenvalue weighted by Crippen LogP contribution is 2.33. The number of esters is 1. The highest BCUT2D eigenvalue weighted by molar-refractivity contribution is 7.16. The van der Waals surface area contributed by atoms with Gasteiger partial charge in [0.1, 0.15) is 5.00 Å². The van der Waals surface area contributed by atoms with Gasteiger partial charge in [0, 0.05) is 23.6 Å². The summed E-state index contributed by atoms with van der Waals surface area (Å²) in [7, 11) is 0. The average Bonchev–Trinajstić information content (AvgIpc) is 2.99. The lowest BCUT2D eigenvalue weighted by atomic mass is 9.96. The van der Waals surface area contributed by atoms with Gasteiger partial charge in [0.2, 0.25) is 5.91 Å². The highest BCUT2D eigenvalue weighted by Gasteiger charge is 2.28. The first-order valence-corrected chi connectivity index (χ1v) is 9.87. The van der Waals surface area contributed by atoms with E-state index in [9.17, 15) is 14.4 Å². The Labute approximate surface area is 157 Å². The first-order valence-electron chi connectivity index (χ1n) is 9.05. The smallest absolute Gasteiger partial charge is 0.341 e. The van der Waals surface area contributed by atoms with Crippen LogP contribution in [0.5, 0.6) is 0 Å². The summed E-state index contributed by atoms with van der Waals surface area (Å²) in [5.41, 5.74) is 5.76. The van der Waals surface area contributed by atoms with Crippen molar-refractivity contribution in [3.8, 4) is 0 Å². The van der Waals surface area contributed by atoms with Crippen molar-refractivity contribution in [3.63, 3.8) is 0 Å². The van der Waals surface area contributed by atoms with Gasteiger partial charge in [-0.1, -0.05) is 13.8 Å². The Hall–Kier alpha value is -1.93. The summed E-state index contributed by atoms with van der Waals surface area (Å²) in [6.45, 7) is 7.92. The lowest BCUT2D eigenvalue weighted by molar-refractivity contribution is -0.897. The summed E-state index contributed by atoms with van der Waals surface area (Å²) in [4.78, 5) is 38.0. The molecular formula is C18H28N3O4S+. The SMILES string of the molecule is CCOC(=O)c1cc(C(C)C)sc1NC(=O)C[NH+]1CCC(C(N)=O)CC1. The number of thiophene rings is 1. The van der Waals surface area contributed by atoms with Gasteiger partial charge in [-0.15, -0.1) is 11.3 Å². The Morgan fingerprint density at radius 3 is 2.54 bits per heavy atom. The molecule has 2 rings (SSSR count). The van der Waals surface area contributed by atoms with Gasteiger partial charge < -0.3 is 20.7 Å². The molecule has 0 atom stereocenters. The van der Waals surface area contributed by atoms with Gasteiger partial charge in [-0.2, -0.15) is 0 Å². The normalized spacial score (nSPS) is 20.0. The maximum absolute atomic E-state index is 12.4. The summed E-state index contributed by atoms with van der Waals surface area (Å²) in [5, 5.41) is 3.42. The number of ether oxygens (including phenoxy) is 1. The van der Waals surface area contributed by atoms with Crippen molar-refractivity contribution >= 4 is 34.1 Å². The lowest BCUT2D eigenvalue weighted by Crippen LogP contribution is -3.14. The van der Waals surface area contributed by atoms with Crippen LogP contribution in [0.15, 0.2) is 6.07 Å². The maximum Gasteiger partial charge on any atom is 0.341 e. The number of piperidine rings is 1. The van der Waals surface area contributed by atoms with Crippen LogP contribution < -0.4 is 16.0 Å². The molecule has 8 heteroatoms. The number of carbonyl (C=O) groups excluding carboxylic acids is 3. The summed E-state index contributed by atoms with van der Waals surface area (Å²) < 4.78 is 5.09. The van der Waals surface area contributed by atoms with Crippen LogP contribution in [-0.2, 0) is 14.3 Å². The molecule has 0 aromatic carbocycles. The number of rotatable bonds is 7. The Morgan fingerprint density at radius 1 is 1.35 bits per heavy atom. The van der Waals surface area contributed by atoms with E-state index in [4.69, 9.17) is 10.5 Å². The highest BCUT2D eigenvalue weighted by atomic mass is 32.1. The molecule has 1 fully saturated rings. The van der Waals surface area contributed by atoms with E-state index in [1.807, 2.05) is 13.8 Å². The van der Waals surface area contributed by atoms with E-state index in [1.165, 1.54) is 11.3 Å². The van der Waals surface area contributed by atoms with Crippen LogP contribution >= 0.6 is 11.3 Å². The fourth-order valence-electron chi connectivity index (χ4n) is 3.03. The number of nitrogens with one attached hydrogen (secondary N) is 2. The van der Waals surface area contributed by atoms with E-state index in [2.05, 4.69) is 5.32 Å². The molecule has 144 valence electrons. The quantitative estimate of drug-likeness (QED) is 0.606. The van der Waals surface area contributed by atoms with Crippen LogP contribution in [-0.4, -0.2) is 44.0 Å². The Kier molecular flexibility index (Phi) is 7.16. The fourth-order valence-corrected chi connectivity index (χ4v) is 4.10. The third-order valence-electron chi connectivity index (χ3n) is 4.57. The molecule has 2 heterocycles. The minimum atomic E-state index is -0.416. The summed E-state index contributed by atoms with van der Waals surface area (Å²) in [6.07, 6.45) is 1.42. The lowest BCUT2D eigenvalue weighted by Gasteiger charge is -2.27. The maximum atomic E-state index is 12.4. The zero-order chi connectivity index (χ0) is 19.3. The van der Waals surface area contributed by atoms with Gasteiger partial charge in [0.25, 0.3) is 5.91 Å². The Balaban J connectivity index is 1.99. The van der Waals surface area contributed by atoms with Crippen molar-refractivity contribution in [2.24, 2.45) is 11.7 Å². The first kappa shape index (κ1) is 20.4. The van der Waals surface area contributed by atoms with Crippen molar-refractivity contribution in [3.05, 3.63) is 16.5 Å². The van der Waals surface area contributed by atoms with Crippen LogP contribution in [0.25, 0.3) is 0 Å². The number of nitrogens with two attached hydrogens (primary N) is 1. The van der Waals surface area contributed by atoms with Crippen LogP contribution in [0.3, 0.4) is 0 Å². The number of primary amides is 1. The van der Waals surface area contributed by atoms with Gasteiger partial charge in [-0.3, -0.25) is 9.59 Å². The van der Waals surface area contributed by atoms with E-state index in [0.717, 1.165) is 22.9 Å². The molecule has 1 aliphatic rings. The van der Waals surface area contributed by atoms with Crippen molar-refractivity contribution in [1.82, 2.24) is 0 Å². The number of hydrogen-bond donors (Lipinski definition) is 3. The van der Waals surface area contributed by atoms with Crippen LogP contribution in [0.1, 0.15) is 54.8 Å². The van der Waals surface area contributed by atoms with Gasteiger partial charge in [-0.25, -0.2) is 4.79 Å². The zero-order valence-electron chi connectivity index (χ0n) is 15.6. The minimum Gasteiger partial charge on any atom is -0.462 e. The minimum absolute atomic E-state index is 0.0804. The van der Waals surface area contributed by atoms with Gasteiger partial charge >= 0.3 is 5.97 Å². The number of quaternary nitrogens is 1. The third kappa shape index (κ3) is 5.28. The molecule has 0 saturated carbocycles. The van der Waals surface area contributed by atoms with Gasteiger partial charge in [0.05, 0.1) is 25.3 Å². The zero-order valence-corrected chi connectivity index (χ0v) is 16.4. The molecule has 0 aliphatic carbocycles. The molecule has 26 heavy (non-hydrogen) atoms. The monoisotopic (exact) mass is 382 g/mol. The number of amides is 2. The molecule has 0 bridgehead atoms. The molecule has 0 spiro atoms. The van der Waals surface area contributed by atoms with Crippen molar-refractivity contribution in [2.75, 3.05) is 31.6 Å². The molecular weight excluding hydrogens is 354 g/mol. The number of anilines is 1. The van der Waals surface area contributed by atoms with E-state index in [1.54, 1.807) is 13.0 Å². The second-order valence-corrected chi connectivity index (χ2v) is 8.00. The van der Waals surface area contributed by atoms with E-state index in [-0.39, 0.29) is 30.3 Å². The predicted octanol–water partition coefficient (Wildman–Crippen LogP) is 0.767. The third-order valence-corrected chi connectivity index (χ3v) is 5.93. The molecule has 1 aromatic rings. The second kappa shape index (κ2) is 9.14. The molecule has 0 radical (unpaired) electrons. The molecule has 7 nitrogen and oxygen atoms in total. The van der Waals surface area contributed by atoms with Gasteiger partial charge in [-0.05, 0) is 18.9 Å². The topological polar surface area (TPSA) is 103 Å². The molecule has 0 unspecified atom stereocenters. The van der Waals surface area contributed by atoms with Crippen LogP contribution in [0.4, 0.5) is 5.00 Å². The standard InChI is InChI=1S/C18H27N3O4S/c1-4-25-18(24)13-9-14(11(2)3)26-17(13)20-15(22)10-21-7-5-12(6-8-21)16(19)23/h9,11-12H,4-8,10H2,1-3H3,(H2,19,23)(H,20,22)/p+1. The molecule has 4 N–H and O–H groups in total. The van der Waals surface area contributed by atoms with Crippen molar-refractivity contribution in [1.29, 1.82) is 0 Å². The average molecular weight is 383 g/mol. The van der Waals surface area contributed by atoms with E-state index < -0.39 is 5.97 Å². The van der Waals surface area contributed by atoms with Gasteiger partial charge in [0.15, 0.2) is 6.54 Å². The van der Waals surface area contributed by atoms with E-state index in [0.29, 0.717) is 30.0 Å². The van der Waals surface area contributed by atoms with Crippen molar-refractivity contribution < 1.29 is 24.0 Å². The second-order valence-electron chi connectivity index (χ2n) is 6.92. The summed E-state index contributed by atoms with van der Waals surface area (Å²) >= 11 is 1.41. The largest absolute Gasteiger partial charge is 0.462 e. The summed E-state index contributed by atoms with van der Waals surface area (Å²) in [5.74, 6) is -0.631.